The number of nitrogens with zero attached hydrogens (tertiary/aromatic N) is 4. The van der Waals surface area contributed by atoms with Crippen LogP contribution >= 0.6 is 0 Å². The number of aromatic nitrogens is 3. The predicted octanol–water partition coefficient (Wildman–Crippen LogP) is 1.31. The first kappa shape index (κ1) is 13.8. The van der Waals surface area contributed by atoms with Gasteiger partial charge in [0, 0.05) is 19.3 Å². The fourth-order valence-electron chi connectivity index (χ4n) is 3.73. The van der Waals surface area contributed by atoms with E-state index in [1.165, 1.54) is 0 Å². The van der Waals surface area contributed by atoms with E-state index < -0.39 is 0 Å². The molecule has 6 heteroatoms. The Morgan fingerprint density at radius 3 is 3.14 bits per heavy atom. The Morgan fingerprint density at radius 1 is 1.36 bits per heavy atom. The maximum Gasteiger partial charge on any atom is 0.164 e. The third-order valence-corrected chi connectivity index (χ3v) is 4.73. The molecule has 22 heavy (non-hydrogen) atoms. The molecule has 0 aromatic carbocycles. The maximum atomic E-state index is 9.48. The Bertz CT molecular complexity index is 693. The van der Waals surface area contributed by atoms with Crippen LogP contribution in [0.25, 0.3) is 11.0 Å². The molecular formula is C16H20N4O2. The summed E-state index contributed by atoms with van der Waals surface area (Å²) in [5.74, 6) is 2.01. The molecule has 2 aliphatic rings. The van der Waals surface area contributed by atoms with Crippen molar-refractivity contribution in [2.24, 2.45) is 5.92 Å². The molecule has 3 heterocycles. The molecular weight excluding hydrogens is 280 g/mol. The molecule has 1 unspecified atom stereocenters. The van der Waals surface area contributed by atoms with Crippen LogP contribution in [0.5, 0.6) is 0 Å². The lowest BCUT2D eigenvalue weighted by atomic mass is 10.1. The Morgan fingerprint density at radius 2 is 2.27 bits per heavy atom. The van der Waals surface area contributed by atoms with Gasteiger partial charge in [0.2, 0.25) is 0 Å². The quantitative estimate of drug-likeness (QED) is 0.901. The summed E-state index contributed by atoms with van der Waals surface area (Å²) in [4.78, 5) is 15.8. The third-order valence-electron chi connectivity index (χ3n) is 4.73. The van der Waals surface area contributed by atoms with E-state index >= 15 is 0 Å². The Hall–Kier alpha value is -1.79. The summed E-state index contributed by atoms with van der Waals surface area (Å²) in [5.41, 5.74) is 0.741. The van der Waals surface area contributed by atoms with Gasteiger partial charge in [-0.15, -0.1) is 0 Å². The Balaban J connectivity index is 1.77. The molecule has 1 saturated heterocycles. The number of aliphatic hydroxyl groups excluding tert-OH is 1. The summed E-state index contributed by atoms with van der Waals surface area (Å²) in [7, 11) is 0. The van der Waals surface area contributed by atoms with E-state index in [-0.39, 0.29) is 18.8 Å². The van der Waals surface area contributed by atoms with Crippen LogP contribution in [0, 0.1) is 12.8 Å². The predicted molar refractivity (Wildman–Crippen MR) is 82.8 cm³/mol. The number of ether oxygens (including phenoxy) is 1. The minimum absolute atomic E-state index is 0.188. The molecule has 3 atom stereocenters. The van der Waals surface area contributed by atoms with Gasteiger partial charge in [-0.25, -0.2) is 15.0 Å². The van der Waals surface area contributed by atoms with Crippen molar-refractivity contribution >= 4 is 16.9 Å². The third kappa shape index (κ3) is 2.23. The molecule has 1 aliphatic heterocycles. The van der Waals surface area contributed by atoms with Gasteiger partial charge in [0.1, 0.15) is 11.6 Å². The van der Waals surface area contributed by atoms with Gasteiger partial charge in [-0.3, -0.25) is 0 Å². The number of aryl methyl sites for hydroxylation is 1. The summed E-state index contributed by atoms with van der Waals surface area (Å²) in [6.45, 7) is 3.65. The van der Waals surface area contributed by atoms with Crippen LogP contribution in [0.4, 0.5) is 5.82 Å². The van der Waals surface area contributed by atoms with Crippen LogP contribution in [-0.2, 0) is 4.74 Å². The van der Waals surface area contributed by atoms with E-state index in [2.05, 4.69) is 14.9 Å². The maximum absolute atomic E-state index is 9.48. The highest BCUT2D eigenvalue weighted by molar-refractivity contribution is 5.87. The molecule has 1 saturated carbocycles. The van der Waals surface area contributed by atoms with Crippen LogP contribution in [0.3, 0.4) is 0 Å². The molecule has 0 bridgehead atoms. The Kier molecular flexibility index (Phi) is 3.43. The van der Waals surface area contributed by atoms with E-state index in [0.29, 0.717) is 12.5 Å². The number of fused-ring (bicyclic) bond motifs is 2. The lowest BCUT2D eigenvalue weighted by molar-refractivity contribution is 0.0229. The first-order chi connectivity index (χ1) is 10.8. The zero-order valence-corrected chi connectivity index (χ0v) is 12.6. The van der Waals surface area contributed by atoms with Crippen LogP contribution in [0.1, 0.15) is 18.7 Å². The molecule has 1 N–H and O–H groups in total. The van der Waals surface area contributed by atoms with Crippen molar-refractivity contribution in [1.82, 2.24) is 15.0 Å². The van der Waals surface area contributed by atoms with E-state index in [9.17, 15) is 5.11 Å². The van der Waals surface area contributed by atoms with E-state index in [1.54, 1.807) is 6.20 Å². The van der Waals surface area contributed by atoms with Gasteiger partial charge in [-0.1, -0.05) is 0 Å². The lowest BCUT2D eigenvalue weighted by Crippen LogP contribution is -2.49. The number of hydrogen-bond acceptors (Lipinski definition) is 6. The molecule has 116 valence electrons. The number of hydrogen-bond donors (Lipinski definition) is 1. The molecule has 2 fully saturated rings. The summed E-state index contributed by atoms with van der Waals surface area (Å²) < 4.78 is 5.92. The van der Waals surface area contributed by atoms with Crippen molar-refractivity contribution in [3.8, 4) is 0 Å². The van der Waals surface area contributed by atoms with Crippen LogP contribution < -0.4 is 4.90 Å². The zero-order chi connectivity index (χ0) is 15.1. The molecule has 0 spiro atoms. The summed E-state index contributed by atoms with van der Waals surface area (Å²) in [6, 6.07) is 4.23. The number of anilines is 1. The summed E-state index contributed by atoms with van der Waals surface area (Å²) in [6.07, 6.45) is 3.83. The second-order valence-corrected chi connectivity index (χ2v) is 6.16. The highest BCUT2D eigenvalue weighted by Gasteiger charge is 2.41. The minimum atomic E-state index is 0.188. The summed E-state index contributed by atoms with van der Waals surface area (Å²) >= 11 is 0. The molecule has 2 aromatic rings. The minimum Gasteiger partial charge on any atom is -0.396 e. The fourth-order valence-corrected chi connectivity index (χ4v) is 3.73. The molecule has 6 nitrogen and oxygen atoms in total. The smallest absolute Gasteiger partial charge is 0.164 e. The largest absolute Gasteiger partial charge is 0.396 e. The lowest BCUT2D eigenvalue weighted by Gasteiger charge is -2.38. The van der Waals surface area contributed by atoms with Crippen LogP contribution in [0.15, 0.2) is 18.3 Å². The van der Waals surface area contributed by atoms with Gasteiger partial charge >= 0.3 is 0 Å². The van der Waals surface area contributed by atoms with E-state index in [1.807, 2.05) is 19.1 Å². The van der Waals surface area contributed by atoms with Crippen molar-refractivity contribution in [3.63, 3.8) is 0 Å². The van der Waals surface area contributed by atoms with Crippen molar-refractivity contribution in [2.45, 2.75) is 31.9 Å². The average Bonchev–Trinajstić information content (AvgIpc) is 2.97. The van der Waals surface area contributed by atoms with Crippen LogP contribution in [0.2, 0.25) is 0 Å². The van der Waals surface area contributed by atoms with Crippen LogP contribution in [-0.4, -0.2) is 52.0 Å². The van der Waals surface area contributed by atoms with Crippen molar-refractivity contribution in [3.05, 3.63) is 24.2 Å². The van der Waals surface area contributed by atoms with Gasteiger partial charge in [0.15, 0.2) is 5.65 Å². The van der Waals surface area contributed by atoms with Gasteiger partial charge in [-0.05, 0) is 37.8 Å². The van der Waals surface area contributed by atoms with E-state index in [4.69, 9.17) is 9.72 Å². The Labute approximate surface area is 129 Å². The monoisotopic (exact) mass is 300 g/mol. The number of rotatable bonds is 2. The summed E-state index contributed by atoms with van der Waals surface area (Å²) in [5, 5.41) is 10.5. The molecule has 1 aliphatic carbocycles. The second-order valence-electron chi connectivity index (χ2n) is 6.16. The van der Waals surface area contributed by atoms with E-state index in [0.717, 1.165) is 42.1 Å². The van der Waals surface area contributed by atoms with Gasteiger partial charge in [0.05, 0.1) is 24.1 Å². The first-order valence-electron chi connectivity index (χ1n) is 7.84. The standard InChI is InChI=1S/C16H20N4O2/c1-10-18-15-12(3-2-4-17-15)16(19-10)20-5-6-22-14-8-11(9-21)7-13(14)20/h2-4,11,13-14,21H,5-9H2,1H3/t11-,13+,14?/m1/s1. The molecule has 4 rings (SSSR count). The molecule has 2 aromatic heterocycles. The number of pyridine rings is 1. The van der Waals surface area contributed by atoms with Crippen molar-refractivity contribution < 1.29 is 9.84 Å². The SMILES string of the molecule is Cc1nc(N2CCOC3C[C@H](CO)C[C@@H]32)c2cccnc2n1. The topological polar surface area (TPSA) is 71.4 Å². The highest BCUT2D eigenvalue weighted by Crippen LogP contribution is 2.37. The normalized spacial score (nSPS) is 28.1. The zero-order valence-electron chi connectivity index (χ0n) is 12.6. The van der Waals surface area contributed by atoms with Gasteiger partial charge in [0.25, 0.3) is 0 Å². The van der Waals surface area contributed by atoms with Gasteiger partial charge < -0.3 is 14.7 Å². The fraction of sp³-hybridized carbons (Fsp3) is 0.562. The number of aliphatic hydroxyl groups is 1. The van der Waals surface area contributed by atoms with Crippen molar-refractivity contribution in [1.29, 1.82) is 0 Å². The molecule has 0 radical (unpaired) electrons. The highest BCUT2D eigenvalue weighted by atomic mass is 16.5. The van der Waals surface area contributed by atoms with Gasteiger partial charge in [-0.2, -0.15) is 0 Å². The molecule has 0 amide bonds. The average molecular weight is 300 g/mol. The first-order valence-corrected chi connectivity index (χ1v) is 7.84. The van der Waals surface area contributed by atoms with Crippen molar-refractivity contribution in [2.75, 3.05) is 24.7 Å². The second kappa shape index (κ2) is 5.44. The number of morpholine rings is 1.